The molecule has 9 heteroatoms. The van der Waals surface area contributed by atoms with E-state index in [0.29, 0.717) is 23.6 Å². The van der Waals surface area contributed by atoms with Crippen molar-refractivity contribution in [2.75, 3.05) is 10.8 Å². The number of H-pyrrole nitrogens is 1. The third-order valence-electron chi connectivity index (χ3n) is 4.95. The van der Waals surface area contributed by atoms with Gasteiger partial charge < -0.3 is 20.0 Å². The van der Waals surface area contributed by atoms with E-state index in [1.807, 2.05) is 30.3 Å². The summed E-state index contributed by atoms with van der Waals surface area (Å²) in [7, 11) is 0. The molecule has 31 heavy (non-hydrogen) atoms. The smallest absolute Gasteiger partial charge is 0.289 e. The lowest BCUT2D eigenvalue weighted by molar-refractivity contribution is 0.0926. The zero-order valence-electron chi connectivity index (χ0n) is 16.2. The van der Waals surface area contributed by atoms with Gasteiger partial charge in [0.2, 0.25) is 5.76 Å². The summed E-state index contributed by atoms with van der Waals surface area (Å²) in [6.07, 6.45) is 8.38. The average molecular weight is 414 g/mol. The van der Waals surface area contributed by atoms with Gasteiger partial charge in [-0.3, -0.25) is 25.4 Å². The first-order valence-corrected chi connectivity index (χ1v) is 9.55. The number of aromatic nitrogens is 3. The summed E-state index contributed by atoms with van der Waals surface area (Å²) in [5.41, 5.74) is 4.84. The molecule has 5 aromatic rings. The fraction of sp³-hybridized carbons (Fsp3) is 0.0455. The first kappa shape index (κ1) is 18.6. The summed E-state index contributed by atoms with van der Waals surface area (Å²) >= 11 is 0. The number of amides is 1. The standard InChI is InChI=1S/C22H18N6O3/c29-22(26-10-13-2-1-6-23-9-13)20-19(17-5-7-24-12-18(17)31-20)27-15-3-4-16-14(8-15)11-25-21(16)28-30/h1-9,11-12,25,27-28,30H,10H2,(H,26,29). The van der Waals surface area contributed by atoms with E-state index in [0.717, 1.165) is 27.4 Å². The van der Waals surface area contributed by atoms with Gasteiger partial charge in [0.05, 0.1) is 11.9 Å². The molecular weight excluding hydrogens is 396 g/mol. The van der Waals surface area contributed by atoms with Crippen LogP contribution in [0, 0.1) is 0 Å². The van der Waals surface area contributed by atoms with Crippen molar-refractivity contribution >= 4 is 44.8 Å². The molecule has 0 radical (unpaired) electrons. The fourth-order valence-corrected chi connectivity index (χ4v) is 3.45. The van der Waals surface area contributed by atoms with E-state index in [2.05, 4.69) is 31.1 Å². The molecule has 0 bridgehead atoms. The molecule has 0 aliphatic rings. The van der Waals surface area contributed by atoms with Crippen molar-refractivity contribution < 1.29 is 14.4 Å². The predicted molar refractivity (Wildman–Crippen MR) is 116 cm³/mol. The van der Waals surface area contributed by atoms with E-state index in [9.17, 15) is 10.0 Å². The highest BCUT2D eigenvalue weighted by Crippen LogP contribution is 2.34. The number of carbonyl (C=O) groups excluding carboxylic acids is 1. The third-order valence-corrected chi connectivity index (χ3v) is 4.95. The lowest BCUT2D eigenvalue weighted by atomic mass is 10.1. The Morgan fingerprint density at radius 2 is 2.00 bits per heavy atom. The van der Waals surface area contributed by atoms with Crippen LogP contribution in [0.3, 0.4) is 0 Å². The van der Waals surface area contributed by atoms with Crippen LogP contribution in [0.5, 0.6) is 0 Å². The zero-order chi connectivity index (χ0) is 21.2. The summed E-state index contributed by atoms with van der Waals surface area (Å²) in [5.74, 6) is 0.327. The van der Waals surface area contributed by atoms with Gasteiger partial charge in [0.1, 0.15) is 5.82 Å². The van der Waals surface area contributed by atoms with E-state index in [1.165, 1.54) is 0 Å². The van der Waals surface area contributed by atoms with Gasteiger partial charge in [-0.25, -0.2) is 0 Å². The Morgan fingerprint density at radius 1 is 1.10 bits per heavy atom. The fourth-order valence-electron chi connectivity index (χ4n) is 3.45. The maximum absolute atomic E-state index is 12.9. The minimum atomic E-state index is -0.350. The molecule has 5 N–H and O–H groups in total. The molecule has 9 nitrogen and oxygen atoms in total. The molecule has 5 rings (SSSR count). The normalized spacial score (nSPS) is 11.0. The largest absolute Gasteiger partial charge is 0.447 e. The van der Waals surface area contributed by atoms with Gasteiger partial charge in [0, 0.05) is 53.2 Å². The predicted octanol–water partition coefficient (Wildman–Crippen LogP) is 4.18. The number of rotatable bonds is 6. The molecule has 0 aliphatic heterocycles. The lowest BCUT2D eigenvalue weighted by Gasteiger charge is -2.09. The number of nitrogens with zero attached hydrogens (tertiary/aromatic N) is 2. The molecule has 0 saturated carbocycles. The molecule has 4 heterocycles. The number of aromatic amines is 1. The quantitative estimate of drug-likeness (QED) is 0.264. The molecule has 154 valence electrons. The highest BCUT2D eigenvalue weighted by Gasteiger charge is 2.21. The third kappa shape index (κ3) is 3.53. The Labute approximate surface area is 176 Å². The van der Waals surface area contributed by atoms with Gasteiger partial charge >= 0.3 is 0 Å². The number of benzene rings is 1. The molecule has 0 fully saturated rings. The SMILES string of the molecule is O=C(NCc1cccnc1)c1oc2cnccc2c1Nc1ccc2c(NO)[nH]cc2c1. The van der Waals surface area contributed by atoms with Crippen LogP contribution in [0.25, 0.3) is 21.7 Å². The summed E-state index contributed by atoms with van der Waals surface area (Å²) in [5, 5.41) is 17.8. The minimum Gasteiger partial charge on any atom is -0.447 e. The number of carbonyl (C=O) groups is 1. The first-order valence-electron chi connectivity index (χ1n) is 9.55. The van der Waals surface area contributed by atoms with Crippen molar-refractivity contribution in [3.63, 3.8) is 0 Å². The van der Waals surface area contributed by atoms with Crippen LogP contribution >= 0.6 is 0 Å². The second-order valence-electron chi connectivity index (χ2n) is 6.92. The van der Waals surface area contributed by atoms with Crippen molar-refractivity contribution in [2.45, 2.75) is 6.54 Å². The van der Waals surface area contributed by atoms with Crippen molar-refractivity contribution in [3.8, 4) is 0 Å². The van der Waals surface area contributed by atoms with Crippen LogP contribution in [0.15, 0.2) is 71.8 Å². The number of furan rings is 1. The van der Waals surface area contributed by atoms with Gasteiger partial charge in [-0.2, -0.15) is 0 Å². The molecule has 0 spiro atoms. The van der Waals surface area contributed by atoms with Crippen molar-refractivity contribution in [2.24, 2.45) is 0 Å². The van der Waals surface area contributed by atoms with E-state index >= 15 is 0 Å². The Balaban J connectivity index is 1.48. The van der Waals surface area contributed by atoms with Crippen LogP contribution in [-0.4, -0.2) is 26.1 Å². The van der Waals surface area contributed by atoms with Crippen molar-refractivity contribution in [1.82, 2.24) is 20.3 Å². The maximum atomic E-state index is 12.9. The number of pyridine rings is 2. The Kier molecular flexibility index (Phi) is 4.70. The minimum absolute atomic E-state index is 0.166. The van der Waals surface area contributed by atoms with Crippen LogP contribution in [0.4, 0.5) is 17.2 Å². The number of fused-ring (bicyclic) bond motifs is 2. The molecule has 0 saturated heterocycles. The summed E-state index contributed by atoms with van der Waals surface area (Å²) in [4.78, 5) is 24.0. The second-order valence-corrected chi connectivity index (χ2v) is 6.92. The van der Waals surface area contributed by atoms with E-state index in [-0.39, 0.29) is 11.7 Å². The van der Waals surface area contributed by atoms with E-state index < -0.39 is 0 Å². The molecule has 0 aliphatic carbocycles. The molecule has 4 aromatic heterocycles. The van der Waals surface area contributed by atoms with Crippen LogP contribution in [-0.2, 0) is 6.54 Å². The van der Waals surface area contributed by atoms with Crippen molar-refractivity contribution in [1.29, 1.82) is 0 Å². The monoisotopic (exact) mass is 414 g/mol. The molecular formula is C22H18N6O3. The van der Waals surface area contributed by atoms with Gasteiger partial charge in [-0.15, -0.1) is 0 Å². The first-order chi connectivity index (χ1) is 15.2. The highest BCUT2D eigenvalue weighted by molar-refractivity contribution is 6.07. The number of hydrogen-bond donors (Lipinski definition) is 5. The molecule has 1 amide bonds. The van der Waals surface area contributed by atoms with Gasteiger partial charge in [-0.1, -0.05) is 6.07 Å². The molecule has 1 aromatic carbocycles. The summed E-state index contributed by atoms with van der Waals surface area (Å²) in [6.45, 7) is 0.327. The van der Waals surface area contributed by atoms with Crippen molar-refractivity contribution in [3.05, 3.63) is 78.7 Å². The second kappa shape index (κ2) is 7.81. The van der Waals surface area contributed by atoms with Gasteiger partial charge in [0.15, 0.2) is 5.58 Å². The maximum Gasteiger partial charge on any atom is 0.289 e. The van der Waals surface area contributed by atoms with Crippen LogP contribution in [0.1, 0.15) is 16.1 Å². The Hall–Kier alpha value is -4.37. The van der Waals surface area contributed by atoms with Gasteiger partial charge in [-0.05, 0) is 35.9 Å². The number of hydrogen-bond acceptors (Lipinski definition) is 7. The summed E-state index contributed by atoms with van der Waals surface area (Å²) < 4.78 is 5.83. The Morgan fingerprint density at radius 3 is 2.84 bits per heavy atom. The van der Waals surface area contributed by atoms with Gasteiger partial charge in [0.25, 0.3) is 5.91 Å². The van der Waals surface area contributed by atoms with Crippen LogP contribution < -0.4 is 16.1 Å². The summed E-state index contributed by atoms with van der Waals surface area (Å²) in [6, 6.07) is 11.1. The zero-order valence-corrected chi connectivity index (χ0v) is 16.2. The van der Waals surface area contributed by atoms with Crippen LogP contribution in [0.2, 0.25) is 0 Å². The Bertz CT molecular complexity index is 1380. The molecule has 0 unspecified atom stereocenters. The lowest BCUT2D eigenvalue weighted by Crippen LogP contribution is -2.23. The average Bonchev–Trinajstić information content (AvgIpc) is 3.39. The molecule has 0 atom stereocenters. The topological polar surface area (TPSA) is 128 Å². The highest BCUT2D eigenvalue weighted by atomic mass is 16.5. The van der Waals surface area contributed by atoms with E-state index in [1.54, 1.807) is 37.1 Å². The van der Waals surface area contributed by atoms with E-state index in [4.69, 9.17) is 4.42 Å². The number of anilines is 3. The number of nitrogens with one attached hydrogen (secondary N) is 4.